The van der Waals surface area contributed by atoms with Crippen molar-refractivity contribution in [3.63, 3.8) is 0 Å². The largest absolute Gasteiger partial charge is 0.338 e. The van der Waals surface area contributed by atoms with Crippen LogP contribution in [0.25, 0.3) is 0 Å². The summed E-state index contributed by atoms with van der Waals surface area (Å²) in [7, 11) is -3.11. The van der Waals surface area contributed by atoms with E-state index in [1.807, 2.05) is 4.90 Å². The summed E-state index contributed by atoms with van der Waals surface area (Å²) in [6, 6.07) is 1.78. The predicted molar refractivity (Wildman–Crippen MR) is 82.4 cm³/mol. The molecule has 0 bridgehead atoms. The van der Waals surface area contributed by atoms with Crippen molar-refractivity contribution in [3.05, 3.63) is 16.5 Å². The number of halogens is 1. The summed E-state index contributed by atoms with van der Waals surface area (Å²) in [5.74, 6) is 2.98. The lowest BCUT2D eigenvalue weighted by Crippen LogP contribution is -2.48. The summed E-state index contributed by atoms with van der Waals surface area (Å²) >= 11 is 5.01. The minimum atomic E-state index is -3.11. The Morgan fingerprint density at radius 3 is 2.89 bits per heavy atom. The summed E-state index contributed by atoms with van der Waals surface area (Å²) in [6.07, 6.45) is 0. The van der Waals surface area contributed by atoms with Crippen molar-refractivity contribution in [1.29, 1.82) is 0 Å². The molecule has 0 amide bonds. The zero-order valence-electron chi connectivity index (χ0n) is 10.8. The third-order valence-electron chi connectivity index (χ3n) is 2.99. The van der Waals surface area contributed by atoms with Gasteiger partial charge in [-0.15, -0.1) is 0 Å². The first-order valence-electron chi connectivity index (χ1n) is 6.01. The Kier molecular flexibility index (Phi) is 4.73. The van der Waals surface area contributed by atoms with Gasteiger partial charge in [-0.25, -0.2) is 18.4 Å². The van der Waals surface area contributed by atoms with Gasteiger partial charge in [0.2, 0.25) is 0 Å². The first kappa shape index (κ1) is 15.1. The van der Waals surface area contributed by atoms with E-state index < -0.39 is 15.2 Å². The van der Waals surface area contributed by atoms with E-state index in [0.29, 0.717) is 28.5 Å². The number of sulfone groups is 1. The molecule has 1 unspecified atom stereocenters. The summed E-state index contributed by atoms with van der Waals surface area (Å²) in [6.45, 7) is 4.18. The van der Waals surface area contributed by atoms with Gasteiger partial charge in [0.25, 0.3) is 0 Å². The van der Waals surface area contributed by atoms with E-state index in [0.717, 1.165) is 5.75 Å². The number of anilines is 1. The average Bonchev–Trinajstić information content (AvgIpc) is 2.37. The van der Waals surface area contributed by atoms with Crippen LogP contribution in [0, 0.1) is 6.92 Å². The Bertz CT molecular complexity index is 545. The average molecular weight is 366 g/mol. The third kappa shape index (κ3) is 3.41. The number of hydrogen-bond acceptors (Lipinski definition) is 6. The maximum atomic E-state index is 12.2. The zero-order valence-corrected chi connectivity index (χ0v) is 14.1. The summed E-state index contributed by atoms with van der Waals surface area (Å²) in [5.41, 5.74) is 0. The Morgan fingerprint density at radius 1 is 1.53 bits per heavy atom. The molecule has 106 valence electrons. The first-order valence-corrected chi connectivity index (χ1v) is 9.67. The topological polar surface area (TPSA) is 63.2 Å². The van der Waals surface area contributed by atoms with Crippen LogP contribution in [0.1, 0.15) is 12.7 Å². The molecular weight excluding hydrogens is 350 g/mol. The molecule has 1 fully saturated rings. The fourth-order valence-corrected chi connectivity index (χ4v) is 5.44. The molecule has 0 spiro atoms. The highest BCUT2D eigenvalue weighted by molar-refractivity contribution is 9.10. The monoisotopic (exact) mass is 365 g/mol. The molecule has 2 heterocycles. The van der Waals surface area contributed by atoms with Crippen LogP contribution in [0.15, 0.2) is 10.7 Å². The van der Waals surface area contributed by atoms with E-state index in [1.165, 1.54) is 0 Å². The molecule has 0 saturated carbocycles. The Hall–Kier alpha value is -0.340. The van der Waals surface area contributed by atoms with Crippen LogP contribution < -0.4 is 4.90 Å². The fourth-order valence-electron chi connectivity index (χ4n) is 2.00. The second-order valence-electron chi connectivity index (χ2n) is 4.27. The van der Waals surface area contributed by atoms with E-state index in [1.54, 1.807) is 31.7 Å². The maximum Gasteiger partial charge on any atom is 0.171 e. The molecule has 0 N–H and O–H groups in total. The van der Waals surface area contributed by atoms with Gasteiger partial charge in [0.05, 0.1) is 0 Å². The van der Waals surface area contributed by atoms with Crippen LogP contribution in [0.5, 0.6) is 0 Å². The zero-order chi connectivity index (χ0) is 14.0. The van der Waals surface area contributed by atoms with Crippen molar-refractivity contribution < 1.29 is 8.42 Å². The van der Waals surface area contributed by atoms with Gasteiger partial charge in [0.1, 0.15) is 21.6 Å². The van der Waals surface area contributed by atoms with E-state index in [2.05, 4.69) is 25.9 Å². The van der Waals surface area contributed by atoms with Crippen LogP contribution >= 0.6 is 27.7 Å². The van der Waals surface area contributed by atoms with Crippen molar-refractivity contribution in [1.82, 2.24) is 9.97 Å². The van der Waals surface area contributed by atoms with E-state index in [4.69, 9.17) is 0 Å². The molecule has 19 heavy (non-hydrogen) atoms. The quantitative estimate of drug-likeness (QED) is 0.761. The Balaban J connectivity index is 2.39. The molecule has 0 radical (unpaired) electrons. The van der Waals surface area contributed by atoms with E-state index >= 15 is 0 Å². The Morgan fingerprint density at radius 2 is 2.26 bits per heavy atom. The van der Waals surface area contributed by atoms with Gasteiger partial charge in [-0.2, -0.15) is 11.8 Å². The first-order chi connectivity index (χ1) is 8.94. The highest BCUT2D eigenvalue weighted by Crippen LogP contribution is 2.27. The molecule has 1 aromatic heterocycles. The minimum absolute atomic E-state index is 0.153. The van der Waals surface area contributed by atoms with Crippen LogP contribution in [0.3, 0.4) is 0 Å². The lowest BCUT2D eigenvalue weighted by atomic mass is 10.4. The van der Waals surface area contributed by atoms with Gasteiger partial charge in [-0.1, -0.05) is 6.92 Å². The van der Waals surface area contributed by atoms with Gasteiger partial charge in [-0.3, -0.25) is 0 Å². The number of thioether (sulfide) groups is 1. The normalized spacial score (nSPS) is 20.6. The molecule has 1 atom stereocenters. The minimum Gasteiger partial charge on any atom is -0.338 e. The van der Waals surface area contributed by atoms with Gasteiger partial charge in [0, 0.05) is 29.9 Å². The van der Waals surface area contributed by atoms with Gasteiger partial charge < -0.3 is 4.90 Å². The summed E-state index contributed by atoms with van der Waals surface area (Å²) < 4.78 is 25.1. The van der Waals surface area contributed by atoms with Crippen molar-refractivity contribution >= 4 is 43.3 Å². The van der Waals surface area contributed by atoms with Crippen molar-refractivity contribution in [2.75, 3.05) is 28.7 Å². The third-order valence-corrected chi connectivity index (χ3v) is 6.68. The predicted octanol–water partition coefficient (Wildman–Crippen LogP) is 1.86. The summed E-state index contributed by atoms with van der Waals surface area (Å²) in [4.78, 5) is 10.4. The lowest BCUT2D eigenvalue weighted by Gasteiger charge is -2.35. The molecule has 0 aliphatic carbocycles. The van der Waals surface area contributed by atoms with Gasteiger partial charge >= 0.3 is 0 Å². The Labute approximate surface area is 126 Å². The number of hydrogen-bond donors (Lipinski definition) is 0. The maximum absolute atomic E-state index is 12.2. The highest BCUT2D eigenvalue weighted by Gasteiger charge is 2.33. The highest BCUT2D eigenvalue weighted by atomic mass is 79.9. The molecule has 2 rings (SSSR count). The molecule has 0 aromatic carbocycles. The number of aryl methyl sites for hydroxylation is 1. The molecule has 1 aliphatic heterocycles. The smallest absolute Gasteiger partial charge is 0.171 e. The van der Waals surface area contributed by atoms with Crippen molar-refractivity contribution in [2.24, 2.45) is 0 Å². The van der Waals surface area contributed by atoms with Crippen LogP contribution in [-0.4, -0.2) is 47.6 Å². The van der Waals surface area contributed by atoms with E-state index in [-0.39, 0.29) is 5.75 Å². The SMILES string of the molecule is CCS(=O)(=O)C1CSCCN1c1cc(Br)nc(C)n1. The van der Waals surface area contributed by atoms with E-state index in [9.17, 15) is 8.42 Å². The second-order valence-corrected chi connectivity index (χ2v) is 8.68. The molecule has 5 nitrogen and oxygen atoms in total. The molecular formula is C11H16BrN3O2S2. The van der Waals surface area contributed by atoms with Gasteiger partial charge in [-0.05, 0) is 22.9 Å². The van der Waals surface area contributed by atoms with Crippen LogP contribution in [-0.2, 0) is 9.84 Å². The molecule has 8 heteroatoms. The number of aromatic nitrogens is 2. The number of nitrogens with zero attached hydrogens (tertiary/aromatic N) is 3. The van der Waals surface area contributed by atoms with Crippen molar-refractivity contribution in [3.8, 4) is 0 Å². The standard InChI is InChI=1S/C11H16BrN3O2S2/c1-3-19(16,17)11-7-18-5-4-15(11)10-6-9(12)13-8(2)14-10/h6,11H,3-5,7H2,1-2H3. The lowest BCUT2D eigenvalue weighted by molar-refractivity contribution is 0.578. The van der Waals surface area contributed by atoms with Crippen LogP contribution in [0.2, 0.25) is 0 Å². The second kappa shape index (κ2) is 5.97. The van der Waals surface area contributed by atoms with Crippen molar-refractivity contribution in [2.45, 2.75) is 19.2 Å². The number of rotatable bonds is 3. The molecule has 1 saturated heterocycles. The van der Waals surface area contributed by atoms with Gasteiger partial charge in [0.15, 0.2) is 9.84 Å². The fraction of sp³-hybridized carbons (Fsp3) is 0.636. The molecule has 1 aliphatic rings. The van der Waals surface area contributed by atoms with Crippen LogP contribution in [0.4, 0.5) is 5.82 Å². The molecule has 1 aromatic rings. The summed E-state index contributed by atoms with van der Waals surface area (Å²) in [5, 5.41) is -0.488.